The normalized spacial score (nSPS) is 15.5. The van der Waals surface area contributed by atoms with Gasteiger partial charge in [0, 0.05) is 13.1 Å². The lowest BCUT2D eigenvalue weighted by atomic mass is 10.2. The summed E-state index contributed by atoms with van der Waals surface area (Å²) < 4.78 is 11.1. The summed E-state index contributed by atoms with van der Waals surface area (Å²) in [6, 6.07) is 13.1. The van der Waals surface area contributed by atoms with E-state index in [1.807, 2.05) is 49.4 Å². The van der Waals surface area contributed by atoms with Crippen molar-refractivity contribution in [2.75, 3.05) is 36.5 Å². The Kier molecular flexibility index (Phi) is 5.85. The van der Waals surface area contributed by atoms with Crippen molar-refractivity contribution in [1.82, 2.24) is 4.98 Å². The first-order chi connectivity index (χ1) is 12.3. The van der Waals surface area contributed by atoms with Crippen LogP contribution in [0.2, 0.25) is 0 Å². The predicted molar refractivity (Wildman–Crippen MR) is 97.0 cm³/mol. The summed E-state index contributed by atoms with van der Waals surface area (Å²) in [5, 5.41) is 2.83. The van der Waals surface area contributed by atoms with Crippen LogP contribution in [0, 0.1) is 0 Å². The molecule has 6 heteroatoms. The summed E-state index contributed by atoms with van der Waals surface area (Å²) in [7, 11) is 0. The number of amides is 1. The molecule has 0 aliphatic carbocycles. The van der Waals surface area contributed by atoms with Crippen molar-refractivity contribution in [2.45, 2.75) is 19.4 Å². The molecule has 3 rings (SSSR count). The first kappa shape index (κ1) is 17.2. The SMILES string of the molecule is CC[C@H](Oc1ccccc1)C(=O)Nc1ccc(N2CCOCC2)cn1. The molecule has 1 aromatic carbocycles. The van der Waals surface area contributed by atoms with Crippen LogP contribution in [-0.2, 0) is 9.53 Å². The number of hydrogen-bond acceptors (Lipinski definition) is 5. The van der Waals surface area contributed by atoms with E-state index in [0.717, 1.165) is 32.0 Å². The Labute approximate surface area is 147 Å². The smallest absolute Gasteiger partial charge is 0.266 e. The molecule has 2 aromatic rings. The molecule has 0 spiro atoms. The van der Waals surface area contributed by atoms with Crippen LogP contribution < -0.4 is 15.0 Å². The molecule has 1 amide bonds. The van der Waals surface area contributed by atoms with Crippen molar-refractivity contribution in [3.05, 3.63) is 48.7 Å². The number of rotatable bonds is 6. The van der Waals surface area contributed by atoms with E-state index in [9.17, 15) is 4.79 Å². The van der Waals surface area contributed by atoms with Gasteiger partial charge in [-0.25, -0.2) is 4.98 Å². The van der Waals surface area contributed by atoms with Gasteiger partial charge < -0.3 is 19.7 Å². The maximum atomic E-state index is 12.4. The molecule has 1 aliphatic heterocycles. The molecular formula is C19H23N3O3. The summed E-state index contributed by atoms with van der Waals surface area (Å²) in [6.07, 6.45) is 1.80. The van der Waals surface area contributed by atoms with Gasteiger partial charge in [0.15, 0.2) is 6.10 Å². The van der Waals surface area contributed by atoms with Gasteiger partial charge >= 0.3 is 0 Å². The Morgan fingerprint density at radius 2 is 2.00 bits per heavy atom. The number of morpholine rings is 1. The number of benzene rings is 1. The molecule has 1 fully saturated rings. The van der Waals surface area contributed by atoms with Gasteiger partial charge in [-0.3, -0.25) is 4.79 Å². The van der Waals surface area contributed by atoms with Crippen LogP contribution in [0.5, 0.6) is 5.75 Å². The minimum Gasteiger partial charge on any atom is -0.481 e. The molecule has 1 aromatic heterocycles. The molecule has 0 unspecified atom stereocenters. The zero-order valence-corrected chi connectivity index (χ0v) is 14.4. The topological polar surface area (TPSA) is 63.7 Å². The van der Waals surface area contributed by atoms with Crippen LogP contribution in [0.15, 0.2) is 48.7 Å². The maximum Gasteiger partial charge on any atom is 0.266 e. The third-order valence-electron chi connectivity index (χ3n) is 4.06. The minimum absolute atomic E-state index is 0.196. The molecule has 132 valence electrons. The van der Waals surface area contributed by atoms with Crippen LogP contribution in [0.4, 0.5) is 11.5 Å². The summed E-state index contributed by atoms with van der Waals surface area (Å²) in [5.41, 5.74) is 1.04. The third kappa shape index (κ3) is 4.70. The van der Waals surface area contributed by atoms with E-state index >= 15 is 0 Å². The van der Waals surface area contributed by atoms with Crippen LogP contribution in [0.3, 0.4) is 0 Å². The fourth-order valence-electron chi connectivity index (χ4n) is 2.66. The number of anilines is 2. The molecule has 1 N–H and O–H groups in total. The summed E-state index contributed by atoms with van der Waals surface area (Å²) >= 11 is 0. The summed E-state index contributed by atoms with van der Waals surface area (Å²) in [4.78, 5) is 19.0. The van der Waals surface area contributed by atoms with Gasteiger partial charge in [0.1, 0.15) is 11.6 Å². The predicted octanol–water partition coefficient (Wildman–Crippen LogP) is 2.71. The van der Waals surface area contributed by atoms with Crippen molar-refractivity contribution in [3.63, 3.8) is 0 Å². The van der Waals surface area contributed by atoms with Gasteiger partial charge in [0.2, 0.25) is 0 Å². The fraction of sp³-hybridized carbons (Fsp3) is 0.368. The number of pyridine rings is 1. The highest BCUT2D eigenvalue weighted by molar-refractivity contribution is 5.93. The van der Waals surface area contributed by atoms with E-state index in [1.165, 1.54) is 0 Å². The van der Waals surface area contributed by atoms with Gasteiger partial charge in [-0.05, 0) is 30.7 Å². The second kappa shape index (κ2) is 8.48. The van der Waals surface area contributed by atoms with Crippen molar-refractivity contribution in [2.24, 2.45) is 0 Å². The van der Waals surface area contributed by atoms with Crippen LogP contribution in [-0.4, -0.2) is 43.3 Å². The van der Waals surface area contributed by atoms with Gasteiger partial charge in [-0.15, -0.1) is 0 Å². The number of nitrogens with zero attached hydrogens (tertiary/aromatic N) is 2. The Morgan fingerprint density at radius 3 is 2.64 bits per heavy atom. The zero-order valence-electron chi connectivity index (χ0n) is 14.4. The van der Waals surface area contributed by atoms with Crippen molar-refractivity contribution in [3.8, 4) is 5.75 Å². The van der Waals surface area contributed by atoms with Gasteiger partial charge in [0.05, 0.1) is 25.1 Å². The number of para-hydroxylation sites is 1. The highest BCUT2D eigenvalue weighted by atomic mass is 16.5. The van der Waals surface area contributed by atoms with E-state index in [4.69, 9.17) is 9.47 Å². The summed E-state index contributed by atoms with van der Waals surface area (Å²) in [5.74, 6) is 1.01. The third-order valence-corrected chi connectivity index (χ3v) is 4.06. The Morgan fingerprint density at radius 1 is 1.24 bits per heavy atom. The van der Waals surface area contributed by atoms with E-state index in [1.54, 1.807) is 6.20 Å². The quantitative estimate of drug-likeness (QED) is 0.875. The lowest BCUT2D eigenvalue weighted by Crippen LogP contribution is -2.36. The Bertz CT molecular complexity index is 670. The lowest BCUT2D eigenvalue weighted by molar-refractivity contribution is -0.122. The first-order valence-corrected chi connectivity index (χ1v) is 8.57. The molecule has 1 aliphatic rings. The fourth-order valence-corrected chi connectivity index (χ4v) is 2.66. The van der Waals surface area contributed by atoms with Crippen molar-refractivity contribution < 1.29 is 14.3 Å². The summed E-state index contributed by atoms with van der Waals surface area (Å²) in [6.45, 7) is 5.09. The van der Waals surface area contributed by atoms with E-state index in [2.05, 4.69) is 15.2 Å². The highest BCUT2D eigenvalue weighted by Crippen LogP contribution is 2.18. The second-order valence-electron chi connectivity index (χ2n) is 5.82. The highest BCUT2D eigenvalue weighted by Gasteiger charge is 2.19. The van der Waals surface area contributed by atoms with E-state index < -0.39 is 6.10 Å². The van der Waals surface area contributed by atoms with E-state index in [0.29, 0.717) is 18.0 Å². The average molecular weight is 341 g/mol. The second-order valence-corrected chi connectivity index (χ2v) is 5.82. The largest absolute Gasteiger partial charge is 0.481 e. The van der Waals surface area contributed by atoms with Gasteiger partial charge in [-0.1, -0.05) is 25.1 Å². The molecule has 0 bridgehead atoms. The lowest BCUT2D eigenvalue weighted by Gasteiger charge is -2.28. The number of carbonyl (C=O) groups is 1. The molecule has 0 radical (unpaired) electrons. The molecule has 2 heterocycles. The average Bonchev–Trinajstić information content (AvgIpc) is 2.68. The molecule has 1 saturated heterocycles. The number of nitrogens with one attached hydrogen (secondary N) is 1. The Hall–Kier alpha value is -2.60. The molecule has 25 heavy (non-hydrogen) atoms. The molecule has 6 nitrogen and oxygen atoms in total. The molecule has 1 atom stereocenters. The van der Waals surface area contributed by atoms with Crippen LogP contribution in [0.25, 0.3) is 0 Å². The Balaban J connectivity index is 1.59. The van der Waals surface area contributed by atoms with Gasteiger partial charge in [0.25, 0.3) is 5.91 Å². The number of hydrogen-bond donors (Lipinski definition) is 1. The monoisotopic (exact) mass is 341 g/mol. The van der Waals surface area contributed by atoms with Crippen molar-refractivity contribution in [1.29, 1.82) is 0 Å². The zero-order chi connectivity index (χ0) is 17.5. The van der Waals surface area contributed by atoms with Gasteiger partial charge in [-0.2, -0.15) is 0 Å². The maximum absolute atomic E-state index is 12.4. The number of aromatic nitrogens is 1. The van der Waals surface area contributed by atoms with E-state index in [-0.39, 0.29) is 5.91 Å². The number of carbonyl (C=O) groups excluding carboxylic acids is 1. The standard InChI is InChI=1S/C19H23N3O3/c1-2-17(25-16-6-4-3-5-7-16)19(23)21-18-9-8-15(14-20-18)22-10-12-24-13-11-22/h3-9,14,17H,2,10-13H2,1H3,(H,20,21,23)/t17-/m0/s1. The minimum atomic E-state index is -0.553. The molecular weight excluding hydrogens is 318 g/mol. The molecule has 0 saturated carbocycles. The van der Waals surface area contributed by atoms with Crippen molar-refractivity contribution >= 4 is 17.4 Å². The van der Waals surface area contributed by atoms with Crippen LogP contribution >= 0.6 is 0 Å². The first-order valence-electron chi connectivity index (χ1n) is 8.57. The number of ether oxygens (including phenoxy) is 2. The van der Waals surface area contributed by atoms with Crippen LogP contribution in [0.1, 0.15) is 13.3 Å².